The molecule has 32 heavy (non-hydrogen) atoms. The monoisotopic (exact) mass is 479 g/mol. The van der Waals surface area contributed by atoms with Crippen molar-refractivity contribution < 1.29 is 41.0 Å². The first-order valence-corrected chi connectivity index (χ1v) is 12.1. The summed E-state index contributed by atoms with van der Waals surface area (Å²) >= 11 is 0. The number of rotatable bonds is 22. The Hall–Kier alpha value is -1.15. The van der Waals surface area contributed by atoms with Gasteiger partial charge < -0.3 is 34.2 Å². The van der Waals surface area contributed by atoms with E-state index in [2.05, 4.69) is 0 Å². The van der Waals surface area contributed by atoms with Crippen molar-refractivity contribution in [1.82, 2.24) is 0 Å². The summed E-state index contributed by atoms with van der Waals surface area (Å²) in [4.78, 5) is 0.134. The van der Waals surface area contributed by atoms with Crippen LogP contribution >= 0.6 is 0 Å². The quantitative estimate of drug-likeness (QED) is 0.188. The van der Waals surface area contributed by atoms with Crippen molar-refractivity contribution in [1.29, 1.82) is 0 Å². The van der Waals surface area contributed by atoms with Crippen molar-refractivity contribution in [3.05, 3.63) is 29.8 Å². The maximum absolute atomic E-state index is 12.0. The molecule has 0 fully saturated rings. The van der Waals surface area contributed by atoms with Crippen LogP contribution in [0.15, 0.2) is 29.2 Å². The molecule has 186 valence electrons. The van der Waals surface area contributed by atoms with E-state index in [1.54, 1.807) is 12.1 Å². The average Bonchev–Trinajstić information content (AvgIpc) is 2.78. The van der Waals surface area contributed by atoms with Gasteiger partial charge in [0.15, 0.2) is 0 Å². The lowest BCUT2D eigenvalue weighted by atomic mass is 10.2. The Labute approximate surface area is 191 Å². The lowest BCUT2D eigenvalue weighted by molar-refractivity contribution is -0.0174. The van der Waals surface area contributed by atoms with Gasteiger partial charge in [-0.05, 0) is 19.1 Å². The van der Waals surface area contributed by atoms with Gasteiger partial charge in [0.25, 0.3) is 10.1 Å². The summed E-state index contributed by atoms with van der Waals surface area (Å²) in [6.45, 7) is 7.72. The molecule has 0 aliphatic carbocycles. The van der Waals surface area contributed by atoms with Crippen molar-refractivity contribution >= 4 is 10.1 Å². The van der Waals surface area contributed by atoms with Crippen LogP contribution in [0.25, 0.3) is 0 Å². The molecule has 0 aliphatic rings. The average molecular weight is 480 g/mol. The van der Waals surface area contributed by atoms with Crippen LogP contribution in [0.2, 0.25) is 0 Å². The van der Waals surface area contributed by atoms with Crippen LogP contribution in [0.3, 0.4) is 0 Å². The van der Waals surface area contributed by atoms with Gasteiger partial charge in [0.1, 0.15) is 0 Å². The highest BCUT2D eigenvalue weighted by atomic mass is 32.2. The Morgan fingerprint density at radius 3 is 1.31 bits per heavy atom. The molecule has 0 unspecified atom stereocenters. The summed E-state index contributed by atoms with van der Waals surface area (Å²) in [6.07, 6.45) is 0. The molecule has 1 rings (SSSR count). The maximum atomic E-state index is 12.0. The van der Waals surface area contributed by atoms with E-state index in [0.717, 1.165) is 5.56 Å². The zero-order chi connectivity index (χ0) is 23.3. The highest BCUT2D eigenvalue weighted by Crippen LogP contribution is 2.12. The number of ether oxygens (including phenoxy) is 6. The minimum atomic E-state index is -3.75. The van der Waals surface area contributed by atoms with Crippen molar-refractivity contribution in [2.75, 3.05) is 92.4 Å². The molecule has 0 saturated carbocycles. The highest BCUT2D eigenvalue weighted by Gasteiger charge is 2.14. The van der Waals surface area contributed by atoms with E-state index in [4.69, 9.17) is 38.3 Å². The van der Waals surface area contributed by atoms with Crippen LogP contribution in [0.4, 0.5) is 0 Å². The Morgan fingerprint density at radius 2 is 0.938 bits per heavy atom. The second-order valence-corrected chi connectivity index (χ2v) is 8.17. The molecule has 0 bridgehead atoms. The summed E-state index contributed by atoms with van der Waals surface area (Å²) in [6, 6.07) is 6.48. The fourth-order valence-corrected chi connectivity index (χ4v) is 3.15. The van der Waals surface area contributed by atoms with Gasteiger partial charge in [-0.1, -0.05) is 17.7 Å². The van der Waals surface area contributed by atoms with Gasteiger partial charge in [0.2, 0.25) is 0 Å². The van der Waals surface area contributed by atoms with Gasteiger partial charge in [-0.15, -0.1) is 0 Å². The highest BCUT2D eigenvalue weighted by molar-refractivity contribution is 7.86. The van der Waals surface area contributed by atoms with E-state index in [9.17, 15) is 8.42 Å². The lowest BCUT2D eigenvalue weighted by Gasteiger charge is -2.08. The molecule has 0 aliphatic heterocycles. The summed E-state index contributed by atoms with van der Waals surface area (Å²) in [5.74, 6) is 0. The number of hydrogen-bond donors (Lipinski definition) is 1. The number of benzene rings is 1. The Kier molecular flexibility index (Phi) is 17.4. The fourth-order valence-electron chi connectivity index (χ4n) is 2.26. The standard InChI is InChI=1S/C21H37NO9S/c1-20-2-4-21(5-3-20)32(23,24)31-19-18-30-17-16-29-15-14-28-13-12-27-11-10-26-9-8-25-7-6-22/h2-5H,6-19,22H2,1H3. The van der Waals surface area contributed by atoms with Crippen LogP contribution in [0, 0.1) is 6.92 Å². The first-order valence-electron chi connectivity index (χ1n) is 10.7. The molecular formula is C21H37NO9S. The lowest BCUT2D eigenvalue weighted by Crippen LogP contribution is -2.15. The van der Waals surface area contributed by atoms with Gasteiger partial charge in [0.05, 0.1) is 90.8 Å². The van der Waals surface area contributed by atoms with Gasteiger partial charge in [-0.2, -0.15) is 8.42 Å². The zero-order valence-electron chi connectivity index (χ0n) is 18.9. The summed E-state index contributed by atoms with van der Waals surface area (Å²) < 4.78 is 60.9. The van der Waals surface area contributed by atoms with Crippen LogP contribution in [0.5, 0.6) is 0 Å². The minimum Gasteiger partial charge on any atom is -0.378 e. The molecule has 10 nitrogen and oxygen atoms in total. The molecule has 11 heteroatoms. The molecule has 0 saturated heterocycles. The summed E-state index contributed by atoms with van der Waals surface area (Å²) in [5.41, 5.74) is 6.28. The number of hydrogen-bond acceptors (Lipinski definition) is 10. The van der Waals surface area contributed by atoms with E-state index in [1.165, 1.54) is 12.1 Å². The molecule has 0 amide bonds. The normalized spacial score (nSPS) is 11.8. The van der Waals surface area contributed by atoms with Crippen molar-refractivity contribution in [2.45, 2.75) is 11.8 Å². The molecule has 2 N–H and O–H groups in total. The second-order valence-electron chi connectivity index (χ2n) is 6.55. The Morgan fingerprint density at radius 1 is 0.594 bits per heavy atom. The third kappa shape index (κ3) is 15.6. The minimum absolute atomic E-state index is 0.0492. The summed E-state index contributed by atoms with van der Waals surface area (Å²) in [5, 5.41) is 0. The predicted octanol–water partition coefficient (Wildman–Crippen LogP) is 0.759. The molecule has 1 aromatic rings. The predicted molar refractivity (Wildman–Crippen MR) is 118 cm³/mol. The first kappa shape index (κ1) is 28.9. The van der Waals surface area contributed by atoms with Crippen LogP contribution in [0.1, 0.15) is 5.56 Å². The van der Waals surface area contributed by atoms with E-state index < -0.39 is 10.1 Å². The second kappa shape index (κ2) is 19.3. The van der Waals surface area contributed by atoms with Gasteiger partial charge in [-0.3, -0.25) is 4.18 Å². The molecular weight excluding hydrogens is 442 g/mol. The smallest absolute Gasteiger partial charge is 0.297 e. The Bertz CT molecular complexity index is 656. The van der Waals surface area contributed by atoms with E-state index in [0.29, 0.717) is 79.2 Å². The topological polar surface area (TPSA) is 125 Å². The molecule has 0 radical (unpaired) electrons. The maximum Gasteiger partial charge on any atom is 0.297 e. The zero-order valence-corrected chi connectivity index (χ0v) is 19.7. The summed E-state index contributed by atoms with van der Waals surface area (Å²) in [7, 11) is -3.75. The van der Waals surface area contributed by atoms with Crippen molar-refractivity contribution in [2.24, 2.45) is 5.73 Å². The van der Waals surface area contributed by atoms with E-state index >= 15 is 0 Å². The van der Waals surface area contributed by atoms with Crippen molar-refractivity contribution in [3.8, 4) is 0 Å². The largest absolute Gasteiger partial charge is 0.378 e. The van der Waals surface area contributed by atoms with Crippen LogP contribution in [-0.4, -0.2) is 101 Å². The van der Waals surface area contributed by atoms with E-state index in [1.807, 2.05) is 6.92 Å². The number of aryl methyl sites for hydroxylation is 1. The van der Waals surface area contributed by atoms with E-state index in [-0.39, 0.29) is 18.1 Å². The van der Waals surface area contributed by atoms with Gasteiger partial charge in [0, 0.05) is 6.54 Å². The molecule has 0 heterocycles. The van der Waals surface area contributed by atoms with Gasteiger partial charge in [-0.25, -0.2) is 0 Å². The van der Waals surface area contributed by atoms with Crippen molar-refractivity contribution in [3.63, 3.8) is 0 Å². The molecule has 0 aromatic heterocycles. The molecule has 1 aromatic carbocycles. The number of nitrogens with two attached hydrogens (primary N) is 1. The third-order valence-electron chi connectivity index (χ3n) is 3.90. The third-order valence-corrected chi connectivity index (χ3v) is 5.22. The van der Waals surface area contributed by atoms with Crippen LogP contribution in [-0.2, 0) is 42.7 Å². The van der Waals surface area contributed by atoms with Crippen LogP contribution < -0.4 is 5.73 Å². The fraction of sp³-hybridized carbons (Fsp3) is 0.714. The SMILES string of the molecule is Cc1ccc(S(=O)(=O)OCCOCCOCCOCCOCCOCCOCCN)cc1. The first-order chi connectivity index (χ1) is 15.6. The molecule has 0 spiro atoms. The molecule has 0 atom stereocenters. The Balaban J connectivity index is 1.80. The van der Waals surface area contributed by atoms with Gasteiger partial charge >= 0.3 is 0 Å².